The highest BCUT2D eigenvalue weighted by molar-refractivity contribution is 7.91. The lowest BCUT2D eigenvalue weighted by Gasteiger charge is -2.13. The molecule has 0 aliphatic heterocycles. The highest BCUT2D eigenvalue weighted by atomic mass is 32.2. The highest BCUT2D eigenvalue weighted by Gasteiger charge is 2.32. The number of carbonyl (C=O) groups is 1. The minimum atomic E-state index is -4.03. The van der Waals surface area contributed by atoms with Gasteiger partial charge in [0, 0.05) is 0 Å². The van der Waals surface area contributed by atoms with Gasteiger partial charge in [-0.25, -0.2) is 13.2 Å². The van der Waals surface area contributed by atoms with Crippen LogP contribution in [-0.2, 0) is 9.84 Å². The Hall–Kier alpha value is -3.91. The lowest BCUT2D eigenvalue weighted by molar-refractivity contribution is 0.0717. The maximum Gasteiger partial charge on any atom is 0.345 e. The van der Waals surface area contributed by atoms with Crippen molar-refractivity contribution in [1.82, 2.24) is 9.78 Å². The Morgan fingerprint density at radius 2 is 1.65 bits per heavy atom. The number of esters is 1. The van der Waals surface area contributed by atoms with Crippen LogP contribution in [0.3, 0.4) is 0 Å². The summed E-state index contributed by atoms with van der Waals surface area (Å²) >= 11 is 0. The highest BCUT2D eigenvalue weighted by Crippen LogP contribution is 2.35. The molecule has 3 aromatic carbocycles. The first-order chi connectivity index (χ1) is 16.2. The van der Waals surface area contributed by atoms with E-state index < -0.39 is 15.8 Å². The zero-order chi connectivity index (χ0) is 24.5. The minimum absolute atomic E-state index is 0.0805. The van der Waals surface area contributed by atoms with Gasteiger partial charge < -0.3 is 9.47 Å². The fourth-order valence-corrected chi connectivity index (χ4v) is 5.25. The van der Waals surface area contributed by atoms with E-state index in [1.807, 2.05) is 32.0 Å². The second kappa shape index (κ2) is 9.15. The third-order valence-corrected chi connectivity index (χ3v) is 7.26. The van der Waals surface area contributed by atoms with E-state index in [2.05, 4.69) is 5.10 Å². The fourth-order valence-electron chi connectivity index (χ4n) is 3.71. The maximum atomic E-state index is 13.6. The number of nitrogens with zero attached hydrogens (tertiary/aromatic N) is 2. The average molecular weight is 477 g/mol. The Bertz CT molecular complexity index is 1470. The molecule has 174 valence electrons. The Balaban J connectivity index is 1.92. The average Bonchev–Trinajstić information content (AvgIpc) is 3.15. The SMILES string of the molecule is COc1cccc(C(=O)Oc2c(S(=O)(=O)c3ccccc3)c(C)nn2-c2ccc(C)cc2C)c1. The third kappa shape index (κ3) is 4.32. The van der Waals surface area contributed by atoms with E-state index >= 15 is 0 Å². The molecule has 0 N–H and O–H groups in total. The zero-order valence-electron chi connectivity index (χ0n) is 19.3. The Kier molecular flexibility index (Phi) is 6.26. The molecule has 0 saturated carbocycles. The molecule has 0 spiro atoms. The van der Waals surface area contributed by atoms with E-state index in [4.69, 9.17) is 9.47 Å². The molecular formula is C26H24N2O5S. The van der Waals surface area contributed by atoms with E-state index in [9.17, 15) is 13.2 Å². The first kappa shape index (κ1) is 23.3. The fraction of sp³-hybridized carbons (Fsp3) is 0.154. The predicted molar refractivity (Wildman–Crippen MR) is 128 cm³/mol. The van der Waals surface area contributed by atoms with Gasteiger partial charge in [0.05, 0.1) is 29.0 Å². The summed E-state index contributed by atoms with van der Waals surface area (Å²) in [4.78, 5) is 13.0. The number of aromatic nitrogens is 2. The van der Waals surface area contributed by atoms with Crippen LogP contribution in [0, 0.1) is 20.8 Å². The molecule has 7 nitrogen and oxygen atoms in total. The second-order valence-electron chi connectivity index (χ2n) is 7.86. The van der Waals surface area contributed by atoms with Gasteiger partial charge in [-0.1, -0.05) is 42.0 Å². The first-order valence-electron chi connectivity index (χ1n) is 10.6. The molecule has 0 amide bonds. The van der Waals surface area contributed by atoms with Crippen molar-refractivity contribution in [2.75, 3.05) is 7.11 Å². The predicted octanol–water partition coefficient (Wildman–Crippen LogP) is 4.86. The summed E-state index contributed by atoms with van der Waals surface area (Å²) in [5, 5.41) is 4.48. The van der Waals surface area contributed by atoms with E-state index in [0.717, 1.165) is 11.1 Å². The minimum Gasteiger partial charge on any atom is -0.497 e. The van der Waals surface area contributed by atoms with Crippen molar-refractivity contribution in [3.63, 3.8) is 0 Å². The van der Waals surface area contributed by atoms with Crippen LogP contribution >= 0.6 is 0 Å². The first-order valence-corrected chi connectivity index (χ1v) is 12.0. The van der Waals surface area contributed by atoms with Gasteiger partial charge in [-0.05, 0) is 62.7 Å². The summed E-state index contributed by atoms with van der Waals surface area (Å²) < 4.78 is 39.6. The number of benzene rings is 3. The van der Waals surface area contributed by atoms with Gasteiger partial charge in [0.2, 0.25) is 15.7 Å². The molecule has 1 heterocycles. The summed E-state index contributed by atoms with van der Waals surface area (Å²) in [7, 11) is -2.54. The second-order valence-corrected chi connectivity index (χ2v) is 9.75. The third-order valence-electron chi connectivity index (χ3n) is 5.36. The molecule has 34 heavy (non-hydrogen) atoms. The van der Waals surface area contributed by atoms with Crippen LogP contribution in [-0.4, -0.2) is 31.3 Å². The van der Waals surface area contributed by atoms with Crippen LogP contribution in [0.15, 0.2) is 82.6 Å². The van der Waals surface area contributed by atoms with Gasteiger partial charge in [0.1, 0.15) is 5.75 Å². The number of aryl methyl sites for hydroxylation is 3. The number of sulfone groups is 1. The molecule has 8 heteroatoms. The lowest BCUT2D eigenvalue weighted by atomic mass is 10.1. The Labute approximate surface area is 198 Å². The molecule has 4 aromatic rings. The number of carbonyl (C=O) groups excluding carboxylic acids is 1. The summed E-state index contributed by atoms with van der Waals surface area (Å²) in [5.74, 6) is -0.416. The standard InChI is InChI=1S/C26H24N2O5S/c1-17-13-14-23(18(2)15-17)28-25(33-26(29)20-9-8-10-21(16-20)32-4)24(19(3)27-28)34(30,31)22-11-6-5-7-12-22/h5-16H,1-4H3. The molecule has 0 aliphatic carbocycles. The lowest BCUT2D eigenvalue weighted by Crippen LogP contribution is -2.15. The van der Waals surface area contributed by atoms with E-state index in [0.29, 0.717) is 11.4 Å². The van der Waals surface area contributed by atoms with Crippen LogP contribution in [0.2, 0.25) is 0 Å². The zero-order valence-corrected chi connectivity index (χ0v) is 20.1. The quantitative estimate of drug-likeness (QED) is 0.370. The van der Waals surface area contributed by atoms with Gasteiger partial charge in [-0.15, -0.1) is 0 Å². The summed E-state index contributed by atoms with van der Waals surface area (Å²) in [6, 6.07) is 20.1. The van der Waals surface area contributed by atoms with Crippen LogP contribution in [0.1, 0.15) is 27.2 Å². The molecular weight excluding hydrogens is 452 g/mol. The Morgan fingerprint density at radius 3 is 2.32 bits per heavy atom. The van der Waals surface area contributed by atoms with Crippen molar-refractivity contribution in [2.45, 2.75) is 30.6 Å². The van der Waals surface area contributed by atoms with E-state index in [1.165, 1.54) is 30.0 Å². The summed E-state index contributed by atoms with van der Waals surface area (Å²) in [6.07, 6.45) is 0. The van der Waals surface area contributed by atoms with Crippen molar-refractivity contribution in [2.24, 2.45) is 0 Å². The normalized spacial score (nSPS) is 11.3. The monoisotopic (exact) mass is 476 g/mol. The molecule has 0 fully saturated rings. The number of methoxy groups -OCH3 is 1. The summed E-state index contributed by atoms with van der Waals surface area (Å²) in [6.45, 7) is 5.43. The molecule has 0 atom stereocenters. The van der Waals surface area contributed by atoms with Crippen molar-refractivity contribution in [3.05, 3.63) is 95.2 Å². The molecule has 4 rings (SSSR count). The molecule has 0 unspecified atom stereocenters. The topological polar surface area (TPSA) is 87.5 Å². The van der Waals surface area contributed by atoms with Gasteiger partial charge >= 0.3 is 5.97 Å². The van der Waals surface area contributed by atoms with E-state index in [1.54, 1.807) is 43.3 Å². The van der Waals surface area contributed by atoms with Crippen molar-refractivity contribution >= 4 is 15.8 Å². The maximum absolute atomic E-state index is 13.6. The molecule has 0 aliphatic rings. The Morgan fingerprint density at radius 1 is 0.912 bits per heavy atom. The van der Waals surface area contributed by atoms with Crippen molar-refractivity contribution < 1.29 is 22.7 Å². The van der Waals surface area contributed by atoms with Gasteiger partial charge in [-0.3, -0.25) is 0 Å². The van der Waals surface area contributed by atoms with Crippen molar-refractivity contribution in [1.29, 1.82) is 0 Å². The molecule has 1 aromatic heterocycles. The van der Waals surface area contributed by atoms with Crippen LogP contribution in [0.5, 0.6) is 11.6 Å². The summed E-state index contributed by atoms with van der Waals surface area (Å²) in [5.41, 5.74) is 2.93. The molecule has 0 bridgehead atoms. The van der Waals surface area contributed by atoms with Crippen LogP contribution < -0.4 is 9.47 Å². The number of hydrogen-bond donors (Lipinski definition) is 0. The van der Waals surface area contributed by atoms with Crippen LogP contribution in [0.4, 0.5) is 0 Å². The number of hydrogen-bond acceptors (Lipinski definition) is 6. The van der Waals surface area contributed by atoms with Gasteiger partial charge in [0.25, 0.3) is 0 Å². The molecule has 0 radical (unpaired) electrons. The largest absolute Gasteiger partial charge is 0.497 e. The smallest absolute Gasteiger partial charge is 0.345 e. The van der Waals surface area contributed by atoms with E-state index in [-0.39, 0.29) is 26.9 Å². The van der Waals surface area contributed by atoms with Gasteiger partial charge in [-0.2, -0.15) is 9.78 Å². The van der Waals surface area contributed by atoms with Gasteiger partial charge in [0.15, 0.2) is 4.90 Å². The van der Waals surface area contributed by atoms with Crippen LogP contribution in [0.25, 0.3) is 5.69 Å². The number of ether oxygens (including phenoxy) is 2. The molecule has 0 saturated heterocycles. The number of rotatable bonds is 6. The van der Waals surface area contributed by atoms with Crippen molar-refractivity contribution in [3.8, 4) is 17.3 Å².